The first kappa shape index (κ1) is 23.6. The topological polar surface area (TPSA) is 76.2 Å². The quantitative estimate of drug-likeness (QED) is 0.618. The van der Waals surface area contributed by atoms with E-state index in [-0.39, 0.29) is 11.8 Å². The van der Waals surface area contributed by atoms with Gasteiger partial charge in [-0.15, -0.1) is 0 Å². The number of ether oxygens (including phenoxy) is 2. The van der Waals surface area contributed by atoms with E-state index in [0.717, 1.165) is 30.4 Å². The predicted molar refractivity (Wildman–Crippen MR) is 126 cm³/mol. The summed E-state index contributed by atoms with van der Waals surface area (Å²) in [5.41, 5.74) is 3.27. The standard InChI is InChI=1S/C25H32N2O5S/c1-26(17-21-8-5-9-23(31-2)24(21)32-3)25(28)19-12-14-27(15-13-19)33(29,30)22-11-10-18-6-4-7-20(18)16-22/h5,8-11,16,19H,4,6-7,12-15,17H2,1-3H3. The zero-order valence-corrected chi connectivity index (χ0v) is 20.4. The molecule has 0 N–H and O–H groups in total. The van der Waals surface area contributed by atoms with Gasteiger partial charge in [0.05, 0.1) is 19.1 Å². The van der Waals surface area contributed by atoms with Gasteiger partial charge in [0.15, 0.2) is 11.5 Å². The number of aryl methyl sites for hydroxylation is 2. The molecule has 1 saturated heterocycles. The van der Waals surface area contributed by atoms with E-state index >= 15 is 0 Å². The van der Waals surface area contributed by atoms with Gasteiger partial charge < -0.3 is 14.4 Å². The highest BCUT2D eigenvalue weighted by atomic mass is 32.2. The van der Waals surface area contributed by atoms with Crippen molar-refractivity contribution in [2.24, 2.45) is 5.92 Å². The second-order valence-electron chi connectivity index (χ2n) is 8.81. The summed E-state index contributed by atoms with van der Waals surface area (Å²) in [6.07, 6.45) is 4.09. The first-order valence-electron chi connectivity index (χ1n) is 11.4. The molecule has 4 rings (SSSR count). The smallest absolute Gasteiger partial charge is 0.243 e. The van der Waals surface area contributed by atoms with Crippen molar-refractivity contribution < 1.29 is 22.7 Å². The molecular formula is C25H32N2O5S. The van der Waals surface area contributed by atoms with Gasteiger partial charge in [-0.1, -0.05) is 18.2 Å². The second kappa shape index (κ2) is 9.73. The minimum atomic E-state index is -3.54. The molecule has 0 bridgehead atoms. The normalized spacial score (nSPS) is 16.9. The van der Waals surface area contributed by atoms with Crippen LogP contribution in [0.2, 0.25) is 0 Å². The molecule has 0 atom stereocenters. The van der Waals surface area contributed by atoms with Crippen molar-refractivity contribution in [1.82, 2.24) is 9.21 Å². The Kier molecular flexibility index (Phi) is 6.95. The molecule has 1 amide bonds. The lowest BCUT2D eigenvalue weighted by molar-refractivity contribution is -0.135. The number of carbonyl (C=O) groups excluding carboxylic acids is 1. The summed E-state index contributed by atoms with van der Waals surface area (Å²) in [5, 5.41) is 0. The zero-order chi connectivity index (χ0) is 23.6. The van der Waals surface area contributed by atoms with Gasteiger partial charge in [-0.3, -0.25) is 4.79 Å². The van der Waals surface area contributed by atoms with Gasteiger partial charge in [-0.25, -0.2) is 8.42 Å². The number of para-hydroxylation sites is 1. The Bertz CT molecular complexity index is 1120. The van der Waals surface area contributed by atoms with Crippen molar-refractivity contribution in [1.29, 1.82) is 0 Å². The van der Waals surface area contributed by atoms with Crippen molar-refractivity contribution in [2.75, 3.05) is 34.4 Å². The van der Waals surface area contributed by atoms with E-state index < -0.39 is 10.0 Å². The third-order valence-corrected chi connectivity index (χ3v) is 8.67. The Morgan fingerprint density at radius 1 is 1.06 bits per heavy atom. The summed E-state index contributed by atoms with van der Waals surface area (Å²) in [6, 6.07) is 11.1. The molecule has 33 heavy (non-hydrogen) atoms. The number of nitrogens with zero attached hydrogens (tertiary/aromatic N) is 2. The lowest BCUT2D eigenvalue weighted by Gasteiger charge is -2.32. The number of piperidine rings is 1. The van der Waals surface area contributed by atoms with E-state index in [9.17, 15) is 13.2 Å². The van der Waals surface area contributed by atoms with Crippen LogP contribution >= 0.6 is 0 Å². The maximum absolute atomic E-state index is 13.2. The molecule has 2 aromatic rings. The van der Waals surface area contributed by atoms with Crippen molar-refractivity contribution in [3.8, 4) is 11.5 Å². The SMILES string of the molecule is COc1cccc(CN(C)C(=O)C2CCN(S(=O)(=O)c3ccc4c(c3)CCC4)CC2)c1OC. The number of benzene rings is 2. The van der Waals surface area contributed by atoms with Crippen LogP contribution in [0.3, 0.4) is 0 Å². The lowest BCUT2D eigenvalue weighted by atomic mass is 9.96. The first-order valence-corrected chi connectivity index (χ1v) is 12.9. The van der Waals surface area contributed by atoms with Crippen LogP contribution in [0.25, 0.3) is 0 Å². The molecule has 0 spiro atoms. The van der Waals surface area contributed by atoms with E-state index in [1.807, 2.05) is 30.3 Å². The molecular weight excluding hydrogens is 440 g/mol. The van der Waals surface area contributed by atoms with E-state index in [2.05, 4.69) is 0 Å². The molecule has 178 valence electrons. The van der Waals surface area contributed by atoms with Crippen LogP contribution in [-0.2, 0) is 34.2 Å². The van der Waals surface area contributed by atoms with E-state index in [1.54, 1.807) is 32.2 Å². The van der Waals surface area contributed by atoms with Gasteiger partial charge in [0.1, 0.15) is 0 Å². The Morgan fingerprint density at radius 2 is 1.79 bits per heavy atom. The number of rotatable bonds is 7. The largest absolute Gasteiger partial charge is 0.493 e. The molecule has 0 radical (unpaired) electrons. The van der Waals surface area contributed by atoms with Gasteiger partial charge in [-0.2, -0.15) is 4.31 Å². The van der Waals surface area contributed by atoms with Crippen molar-refractivity contribution in [2.45, 2.75) is 43.5 Å². The fourth-order valence-corrected chi connectivity index (χ4v) is 6.45. The highest BCUT2D eigenvalue weighted by Gasteiger charge is 2.33. The molecule has 0 saturated carbocycles. The van der Waals surface area contributed by atoms with Crippen LogP contribution in [0.5, 0.6) is 11.5 Å². The first-order chi connectivity index (χ1) is 15.8. The van der Waals surface area contributed by atoms with Gasteiger partial charge in [0, 0.05) is 38.2 Å². The Morgan fingerprint density at radius 3 is 2.48 bits per heavy atom. The fraction of sp³-hybridized carbons (Fsp3) is 0.480. The van der Waals surface area contributed by atoms with Gasteiger partial charge in [0.25, 0.3) is 0 Å². The van der Waals surface area contributed by atoms with E-state index in [0.29, 0.717) is 48.9 Å². The second-order valence-corrected chi connectivity index (χ2v) is 10.7. The maximum atomic E-state index is 13.2. The number of methoxy groups -OCH3 is 2. The molecule has 8 heteroatoms. The van der Waals surface area contributed by atoms with Crippen LogP contribution < -0.4 is 9.47 Å². The molecule has 7 nitrogen and oxygen atoms in total. The highest BCUT2D eigenvalue weighted by Crippen LogP contribution is 2.32. The monoisotopic (exact) mass is 472 g/mol. The average Bonchev–Trinajstić information content (AvgIpc) is 3.31. The van der Waals surface area contributed by atoms with Crippen LogP contribution in [-0.4, -0.2) is 57.9 Å². The molecule has 1 fully saturated rings. The van der Waals surface area contributed by atoms with Gasteiger partial charge in [0.2, 0.25) is 15.9 Å². The zero-order valence-electron chi connectivity index (χ0n) is 19.5. The summed E-state index contributed by atoms with van der Waals surface area (Å²) >= 11 is 0. The predicted octanol–water partition coefficient (Wildman–Crippen LogP) is 3.25. The number of carbonyl (C=O) groups is 1. The molecule has 1 heterocycles. The fourth-order valence-electron chi connectivity index (χ4n) is 4.92. The number of fused-ring (bicyclic) bond motifs is 1. The van der Waals surface area contributed by atoms with E-state index in [1.165, 1.54) is 9.87 Å². The summed E-state index contributed by atoms with van der Waals surface area (Å²) in [4.78, 5) is 15.2. The summed E-state index contributed by atoms with van der Waals surface area (Å²) in [7, 11) is 1.40. The number of sulfonamides is 1. The molecule has 1 aliphatic heterocycles. The molecule has 0 unspecified atom stereocenters. The summed E-state index contributed by atoms with van der Waals surface area (Å²) < 4.78 is 38.7. The van der Waals surface area contributed by atoms with Crippen LogP contribution in [0.4, 0.5) is 0 Å². The average molecular weight is 473 g/mol. The van der Waals surface area contributed by atoms with E-state index in [4.69, 9.17) is 9.47 Å². The van der Waals surface area contributed by atoms with Gasteiger partial charge >= 0.3 is 0 Å². The molecule has 1 aliphatic carbocycles. The van der Waals surface area contributed by atoms with Crippen LogP contribution in [0, 0.1) is 5.92 Å². The highest BCUT2D eigenvalue weighted by molar-refractivity contribution is 7.89. The van der Waals surface area contributed by atoms with Crippen molar-refractivity contribution in [3.05, 3.63) is 53.1 Å². The third kappa shape index (κ3) is 4.73. The minimum Gasteiger partial charge on any atom is -0.493 e. The third-order valence-electron chi connectivity index (χ3n) is 6.78. The molecule has 2 aromatic carbocycles. The van der Waals surface area contributed by atoms with Crippen molar-refractivity contribution in [3.63, 3.8) is 0 Å². The Labute approximate surface area is 196 Å². The number of hydrogen-bond acceptors (Lipinski definition) is 5. The molecule has 0 aromatic heterocycles. The summed E-state index contributed by atoms with van der Waals surface area (Å²) in [5.74, 6) is 1.07. The van der Waals surface area contributed by atoms with Crippen LogP contribution in [0.1, 0.15) is 36.0 Å². The summed E-state index contributed by atoms with van der Waals surface area (Å²) in [6.45, 7) is 1.10. The Balaban J connectivity index is 1.39. The minimum absolute atomic E-state index is 0.0226. The number of amides is 1. The Hall–Kier alpha value is -2.58. The maximum Gasteiger partial charge on any atom is 0.243 e. The molecule has 2 aliphatic rings. The lowest BCUT2D eigenvalue weighted by Crippen LogP contribution is -2.43. The van der Waals surface area contributed by atoms with Gasteiger partial charge in [-0.05, 0) is 61.4 Å². The van der Waals surface area contributed by atoms with Crippen LogP contribution in [0.15, 0.2) is 41.3 Å². The number of hydrogen-bond donors (Lipinski definition) is 0. The van der Waals surface area contributed by atoms with Crippen molar-refractivity contribution >= 4 is 15.9 Å².